The molecule has 17 heavy (non-hydrogen) atoms. The van der Waals surface area contributed by atoms with E-state index in [1.165, 1.54) is 58.2 Å². The summed E-state index contributed by atoms with van der Waals surface area (Å²) in [7, 11) is 0. The second-order valence-electron chi connectivity index (χ2n) is 5.98. The van der Waals surface area contributed by atoms with Crippen LogP contribution in [0.4, 0.5) is 0 Å². The van der Waals surface area contributed by atoms with Crippen molar-refractivity contribution >= 4 is 0 Å². The van der Waals surface area contributed by atoms with E-state index in [1.54, 1.807) is 0 Å². The first-order valence-corrected chi connectivity index (χ1v) is 7.35. The molecule has 2 aliphatic rings. The molecule has 1 N–H and O–H groups in total. The second kappa shape index (κ2) is 6.01. The molecule has 1 heterocycles. The summed E-state index contributed by atoms with van der Waals surface area (Å²) in [6, 6.07) is 0.864. The van der Waals surface area contributed by atoms with Gasteiger partial charge in [0.1, 0.15) is 0 Å². The lowest BCUT2D eigenvalue weighted by Gasteiger charge is -2.41. The van der Waals surface area contributed by atoms with Gasteiger partial charge >= 0.3 is 0 Å². The lowest BCUT2D eigenvalue weighted by molar-refractivity contribution is 0.109. The number of rotatable bonds is 7. The normalized spacial score (nSPS) is 29.5. The molecule has 0 aromatic carbocycles. The molecule has 2 nitrogen and oxygen atoms in total. The average molecular weight is 236 g/mol. The summed E-state index contributed by atoms with van der Waals surface area (Å²) in [6.45, 7) is 11.0. The van der Waals surface area contributed by atoms with Gasteiger partial charge in [-0.15, -0.1) is 6.58 Å². The van der Waals surface area contributed by atoms with E-state index in [-0.39, 0.29) is 0 Å². The maximum absolute atomic E-state index is 3.92. The van der Waals surface area contributed by atoms with Crippen LogP contribution < -0.4 is 5.32 Å². The third-order valence-corrected chi connectivity index (χ3v) is 4.31. The molecule has 1 atom stereocenters. The topological polar surface area (TPSA) is 15.3 Å². The molecular formula is C15H28N2. The number of hydrogen-bond acceptors (Lipinski definition) is 2. The van der Waals surface area contributed by atoms with Gasteiger partial charge in [0.2, 0.25) is 0 Å². The van der Waals surface area contributed by atoms with Gasteiger partial charge in [-0.1, -0.05) is 19.4 Å². The summed E-state index contributed by atoms with van der Waals surface area (Å²) in [6.07, 6.45) is 10.3. The summed E-state index contributed by atoms with van der Waals surface area (Å²) >= 11 is 0. The minimum Gasteiger partial charge on any atom is -0.316 e. The number of nitrogens with zero attached hydrogens (tertiary/aromatic N) is 1. The van der Waals surface area contributed by atoms with Crippen LogP contribution in [0.5, 0.6) is 0 Å². The molecule has 2 heteroatoms. The zero-order chi connectivity index (χ0) is 12.1. The van der Waals surface area contributed by atoms with Gasteiger partial charge < -0.3 is 5.32 Å². The fourth-order valence-electron chi connectivity index (χ4n) is 3.37. The summed E-state index contributed by atoms with van der Waals surface area (Å²) in [5.41, 5.74) is 0.540. The van der Waals surface area contributed by atoms with Gasteiger partial charge in [0.05, 0.1) is 0 Å². The van der Waals surface area contributed by atoms with Crippen molar-refractivity contribution in [3.05, 3.63) is 12.7 Å². The molecule has 0 bridgehead atoms. The van der Waals surface area contributed by atoms with E-state index >= 15 is 0 Å². The van der Waals surface area contributed by atoms with Crippen molar-refractivity contribution < 1.29 is 0 Å². The van der Waals surface area contributed by atoms with Crippen LogP contribution in [-0.2, 0) is 0 Å². The van der Waals surface area contributed by atoms with Crippen LogP contribution in [-0.4, -0.2) is 37.1 Å². The maximum Gasteiger partial charge on any atom is 0.0163 e. The van der Waals surface area contributed by atoms with E-state index in [4.69, 9.17) is 0 Å². The summed E-state index contributed by atoms with van der Waals surface area (Å²) in [5.74, 6) is 0. The van der Waals surface area contributed by atoms with Crippen LogP contribution in [0, 0.1) is 5.41 Å². The highest BCUT2D eigenvalue weighted by atomic mass is 15.2. The molecule has 0 radical (unpaired) electrons. The Morgan fingerprint density at radius 2 is 2.29 bits per heavy atom. The van der Waals surface area contributed by atoms with E-state index in [9.17, 15) is 0 Å². The lowest BCUT2D eigenvalue weighted by atomic mass is 9.76. The van der Waals surface area contributed by atoms with E-state index in [1.807, 2.05) is 0 Å². The Bertz CT molecular complexity index is 234. The zero-order valence-electron chi connectivity index (χ0n) is 11.4. The first kappa shape index (κ1) is 13.1. The van der Waals surface area contributed by atoms with Crippen LogP contribution in [0.25, 0.3) is 0 Å². The molecule has 1 aliphatic carbocycles. The lowest BCUT2D eigenvalue weighted by Crippen LogP contribution is -2.48. The molecular weight excluding hydrogens is 208 g/mol. The Labute approximate surface area is 106 Å². The molecule has 2 rings (SSSR count). The first-order chi connectivity index (χ1) is 8.29. The molecule has 2 fully saturated rings. The van der Waals surface area contributed by atoms with E-state index < -0.39 is 0 Å². The van der Waals surface area contributed by atoms with E-state index in [0.29, 0.717) is 5.41 Å². The van der Waals surface area contributed by atoms with Crippen LogP contribution in [0.3, 0.4) is 0 Å². The quantitative estimate of drug-likeness (QED) is 0.684. The summed E-state index contributed by atoms with van der Waals surface area (Å²) < 4.78 is 0. The molecule has 0 spiro atoms. The smallest absolute Gasteiger partial charge is 0.0163 e. The third kappa shape index (κ3) is 3.56. The minimum atomic E-state index is 0.540. The molecule has 1 unspecified atom stereocenters. The van der Waals surface area contributed by atoms with Gasteiger partial charge in [-0.3, -0.25) is 4.90 Å². The Morgan fingerprint density at radius 3 is 2.82 bits per heavy atom. The largest absolute Gasteiger partial charge is 0.316 e. The van der Waals surface area contributed by atoms with Gasteiger partial charge in [-0.2, -0.15) is 0 Å². The van der Waals surface area contributed by atoms with Crippen LogP contribution in [0.2, 0.25) is 0 Å². The van der Waals surface area contributed by atoms with Gasteiger partial charge in [0.15, 0.2) is 0 Å². The average Bonchev–Trinajstić information content (AvgIpc) is 3.14. The van der Waals surface area contributed by atoms with Crippen molar-refractivity contribution in [2.75, 3.05) is 26.2 Å². The van der Waals surface area contributed by atoms with E-state index in [2.05, 4.69) is 29.8 Å². The predicted molar refractivity (Wildman–Crippen MR) is 74.2 cm³/mol. The molecule has 1 saturated heterocycles. The molecule has 98 valence electrons. The molecule has 0 aromatic heterocycles. The van der Waals surface area contributed by atoms with Gasteiger partial charge in [0, 0.05) is 25.7 Å². The molecule has 0 amide bonds. The van der Waals surface area contributed by atoms with Crippen molar-refractivity contribution in [1.29, 1.82) is 0 Å². The van der Waals surface area contributed by atoms with Gasteiger partial charge in [-0.05, 0) is 44.1 Å². The molecule has 1 saturated carbocycles. The van der Waals surface area contributed by atoms with E-state index in [0.717, 1.165) is 12.6 Å². The Morgan fingerprint density at radius 1 is 1.47 bits per heavy atom. The predicted octanol–water partition coefficient (Wildman–Crippen LogP) is 2.81. The van der Waals surface area contributed by atoms with Crippen molar-refractivity contribution in [1.82, 2.24) is 10.2 Å². The number of piperidine rings is 1. The van der Waals surface area contributed by atoms with Crippen LogP contribution in [0.1, 0.15) is 45.4 Å². The third-order valence-electron chi connectivity index (χ3n) is 4.31. The second-order valence-corrected chi connectivity index (χ2v) is 5.98. The SMILES string of the molecule is C=CCN(CC1(CCC)CCCNC1)C1CC1. The zero-order valence-corrected chi connectivity index (χ0v) is 11.4. The summed E-state index contributed by atoms with van der Waals surface area (Å²) in [5, 5.41) is 3.61. The molecule has 1 aliphatic heterocycles. The first-order valence-electron chi connectivity index (χ1n) is 7.35. The maximum atomic E-state index is 3.92. The number of hydrogen-bond donors (Lipinski definition) is 1. The Hall–Kier alpha value is -0.340. The fourth-order valence-corrected chi connectivity index (χ4v) is 3.37. The van der Waals surface area contributed by atoms with Crippen molar-refractivity contribution in [2.24, 2.45) is 5.41 Å². The standard InChI is InChI=1S/C15H28N2/c1-3-8-15(9-5-10-16-12-15)13-17(11-4-2)14-6-7-14/h4,14,16H,2-3,5-13H2,1H3. The van der Waals surface area contributed by atoms with Crippen LogP contribution in [0.15, 0.2) is 12.7 Å². The van der Waals surface area contributed by atoms with Crippen molar-refractivity contribution in [3.63, 3.8) is 0 Å². The van der Waals surface area contributed by atoms with Crippen molar-refractivity contribution in [2.45, 2.75) is 51.5 Å². The van der Waals surface area contributed by atoms with Crippen LogP contribution >= 0.6 is 0 Å². The minimum absolute atomic E-state index is 0.540. The summed E-state index contributed by atoms with van der Waals surface area (Å²) in [4.78, 5) is 2.68. The fraction of sp³-hybridized carbons (Fsp3) is 0.867. The molecule has 0 aromatic rings. The highest BCUT2D eigenvalue weighted by molar-refractivity contribution is 4.95. The van der Waals surface area contributed by atoms with Gasteiger partial charge in [-0.25, -0.2) is 0 Å². The van der Waals surface area contributed by atoms with Crippen molar-refractivity contribution in [3.8, 4) is 0 Å². The number of nitrogens with one attached hydrogen (secondary N) is 1. The Kier molecular flexibility index (Phi) is 4.63. The Balaban J connectivity index is 1.96. The highest BCUT2D eigenvalue weighted by Gasteiger charge is 2.37. The van der Waals surface area contributed by atoms with Gasteiger partial charge in [0.25, 0.3) is 0 Å². The monoisotopic (exact) mass is 236 g/mol. The highest BCUT2D eigenvalue weighted by Crippen LogP contribution is 2.36.